The zero-order valence-corrected chi connectivity index (χ0v) is 13.0. The van der Waals surface area contributed by atoms with Crippen LogP contribution in [0, 0.1) is 0 Å². The van der Waals surface area contributed by atoms with Crippen LogP contribution >= 0.6 is 11.6 Å². The summed E-state index contributed by atoms with van der Waals surface area (Å²) in [7, 11) is 0. The molecule has 1 atom stereocenters. The number of hydrogen-bond donors (Lipinski definition) is 0. The summed E-state index contributed by atoms with van der Waals surface area (Å²) in [6.07, 6.45) is 0. The molecular formula is C17H13ClN2O3. The van der Waals surface area contributed by atoms with E-state index in [1.165, 1.54) is 11.8 Å². The van der Waals surface area contributed by atoms with Gasteiger partial charge in [-0.25, -0.2) is 4.79 Å². The number of carbonyl (C=O) groups is 2. The fraction of sp³-hybridized carbons (Fsp3) is 0.118. The van der Waals surface area contributed by atoms with E-state index in [4.69, 9.17) is 16.4 Å². The first-order valence-corrected chi connectivity index (χ1v) is 7.45. The molecule has 2 aromatic carbocycles. The van der Waals surface area contributed by atoms with Crippen LogP contribution in [-0.2, 0) is 14.4 Å². The first-order valence-electron chi connectivity index (χ1n) is 7.01. The van der Waals surface area contributed by atoms with Gasteiger partial charge in [-0.05, 0) is 25.1 Å². The lowest BCUT2D eigenvalue weighted by molar-refractivity contribution is -0.142. The molecule has 2 aromatic rings. The lowest BCUT2D eigenvalue weighted by Crippen LogP contribution is -2.26. The highest BCUT2D eigenvalue weighted by atomic mass is 35.5. The third-order valence-electron chi connectivity index (χ3n) is 3.37. The molecule has 6 heteroatoms. The minimum atomic E-state index is -0.837. The van der Waals surface area contributed by atoms with Gasteiger partial charge in [-0.15, -0.1) is 11.6 Å². The maximum atomic E-state index is 12.7. The number of fused-ring (bicyclic) bond motifs is 1. The molecule has 3 rings (SSSR count). The van der Waals surface area contributed by atoms with E-state index in [2.05, 4.69) is 5.16 Å². The van der Waals surface area contributed by atoms with Crippen LogP contribution in [0.15, 0.2) is 59.8 Å². The van der Waals surface area contributed by atoms with Gasteiger partial charge in [-0.2, -0.15) is 0 Å². The smallest absolute Gasteiger partial charge is 0.316 e. The lowest BCUT2D eigenvalue weighted by Gasteiger charge is -2.16. The van der Waals surface area contributed by atoms with Crippen molar-refractivity contribution in [3.8, 4) is 0 Å². The molecule has 0 aliphatic carbocycles. The topological polar surface area (TPSA) is 59.0 Å². The summed E-state index contributed by atoms with van der Waals surface area (Å²) < 4.78 is 0. The number of oxime groups is 1. The zero-order valence-electron chi connectivity index (χ0n) is 12.3. The summed E-state index contributed by atoms with van der Waals surface area (Å²) in [5.41, 5.74) is 2.09. The van der Waals surface area contributed by atoms with Crippen molar-refractivity contribution in [1.29, 1.82) is 0 Å². The monoisotopic (exact) mass is 328 g/mol. The fourth-order valence-electron chi connectivity index (χ4n) is 2.28. The van der Waals surface area contributed by atoms with Crippen molar-refractivity contribution in [2.75, 3.05) is 4.90 Å². The Morgan fingerprint density at radius 3 is 2.48 bits per heavy atom. The van der Waals surface area contributed by atoms with Gasteiger partial charge in [0.1, 0.15) is 5.38 Å². The molecule has 1 amide bonds. The van der Waals surface area contributed by atoms with Crippen LogP contribution in [-0.4, -0.2) is 23.0 Å². The maximum Gasteiger partial charge on any atom is 0.352 e. The summed E-state index contributed by atoms with van der Waals surface area (Å²) in [5.74, 6) is -1.06. The van der Waals surface area contributed by atoms with E-state index in [0.717, 1.165) is 0 Å². The first-order chi connectivity index (χ1) is 11.1. The number of benzene rings is 2. The molecule has 0 N–H and O–H groups in total. The third kappa shape index (κ3) is 2.83. The summed E-state index contributed by atoms with van der Waals surface area (Å²) >= 11 is 5.64. The predicted molar refractivity (Wildman–Crippen MR) is 88.0 cm³/mol. The van der Waals surface area contributed by atoms with Gasteiger partial charge >= 0.3 is 5.97 Å². The number of hydrogen-bond acceptors (Lipinski definition) is 4. The van der Waals surface area contributed by atoms with E-state index in [0.29, 0.717) is 16.9 Å². The van der Waals surface area contributed by atoms with Crippen LogP contribution < -0.4 is 4.90 Å². The fourth-order valence-corrected chi connectivity index (χ4v) is 2.32. The van der Waals surface area contributed by atoms with Crippen LogP contribution in [0.4, 0.5) is 11.4 Å². The zero-order chi connectivity index (χ0) is 16.4. The van der Waals surface area contributed by atoms with Crippen molar-refractivity contribution < 1.29 is 14.4 Å². The third-order valence-corrected chi connectivity index (χ3v) is 3.55. The van der Waals surface area contributed by atoms with Crippen molar-refractivity contribution in [3.63, 3.8) is 0 Å². The van der Waals surface area contributed by atoms with Gasteiger partial charge < -0.3 is 4.84 Å². The Bertz CT molecular complexity index is 787. The highest BCUT2D eigenvalue weighted by Gasteiger charge is 2.35. The van der Waals surface area contributed by atoms with Crippen molar-refractivity contribution >= 4 is 40.6 Å². The Morgan fingerprint density at radius 2 is 1.78 bits per heavy atom. The molecule has 0 fully saturated rings. The number of para-hydroxylation sites is 2. The molecule has 5 nitrogen and oxygen atoms in total. The second-order valence-corrected chi connectivity index (χ2v) is 5.61. The summed E-state index contributed by atoms with van der Waals surface area (Å²) in [6, 6.07) is 16.4. The minimum absolute atomic E-state index is 0.0788. The van der Waals surface area contributed by atoms with E-state index in [9.17, 15) is 9.59 Å². The number of carbonyl (C=O) groups excluding carboxylic acids is 2. The molecule has 1 heterocycles. The van der Waals surface area contributed by atoms with Gasteiger partial charge in [0.2, 0.25) is 0 Å². The van der Waals surface area contributed by atoms with Crippen LogP contribution in [0.25, 0.3) is 0 Å². The first kappa shape index (κ1) is 15.2. The van der Waals surface area contributed by atoms with Gasteiger partial charge in [0.15, 0.2) is 5.71 Å². The molecule has 0 aromatic heterocycles. The normalized spacial score (nSPS) is 16.3. The number of rotatable bonds is 3. The van der Waals surface area contributed by atoms with E-state index < -0.39 is 11.3 Å². The number of amides is 1. The molecular weight excluding hydrogens is 316 g/mol. The van der Waals surface area contributed by atoms with E-state index in [-0.39, 0.29) is 11.6 Å². The number of halogens is 1. The maximum absolute atomic E-state index is 12.7. The van der Waals surface area contributed by atoms with Crippen molar-refractivity contribution in [2.45, 2.75) is 12.3 Å². The Hall–Kier alpha value is -2.66. The molecule has 1 aliphatic heterocycles. The SMILES string of the molecule is CC(Cl)C(=O)ON=C1C(=O)N(c2ccccc2)c2ccccc21. The molecule has 0 spiro atoms. The van der Waals surface area contributed by atoms with E-state index >= 15 is 0 Å². The molecule has 116 valence electrons. The van der Waals surface area contributed by atoms with Crippen LogP contribution in [0.1, 0.15) is 12.5 Å². The quantitative estimate of drug-likeness (QED) is 0.494. The highest BCUT2D eigenvalue weighted by molar-refractivity contribution is 6.55. The van der Waals surface area contributed by atoms with Crippen molar-refractivity contribution in [1.82, 2.24) is 0 Å². The average molecular weight is 329 g/mol. The van der Waals surface area contributed by atoms with Crippen LogP contribution in [0.5, 0.6) is 0 Å². The minimum Gasteiger partial charge on any atom is -0.316 e. The number of nitrogens with zero attached hydrogens (tertiary/aromatic N) is 2. The Kier molecular flexibility index (Phi) is 4.12. The second-order valence-electron chi connectivity index (χ2n) is 4.96. The lowest BCUT2D eigenvalue weighted by atomic mass is 10.1. The average Bonchev–Trinajstić information content (AvgIpc) is 2.85. The Morgan fingerprint density at radius 1 is 1.13 bits per heavy atom. The molecule has 23 heavy (non-hydrogen) atoms. The van der Waals surface area contributed by atoms with Gasteiger partial charge in [0.25, 0.3) is 5.91 Å². The molecule has 0 bridgehead atoms. The van der Waals surface area contributed by atoms with Crippen molar-refractivity contribution in [2.24, 2.45) is 5.16 Å². The number of alkyl halides is 1. The molecule has 0 radical (unpaired) electrons. The van der Waals surface area contributed by atoms with Gasteiger partial charge in [-0.3, -0.25) is 9.69 Å². The Labute approximate surface area is 138 Å². The van der Waals surface area contributed by atoms with E-state index in [1.807, 2.05) is 42.5 Å². The highest BCUT2D eigenvalue weighted by Crippen LogP contribution is 2.35. The summed E-state index contributed by atoms with van der Waals surface area (Å²) in [6.45, 7) is 1.48. The van der Waals surface area contributed by atoms with Crippen LogP contribution in [0.3, 0.4) is 0 Å². The number of anilines is 2. The van der Waals surface area contributed by atoms with Gasteiger partial charge in [-0.1, -0.05) is 41.6 Å². The van der Waals surface area contributed by atoms with Gasteiger partial charge in [0, 0.05) is 11.3 Å². The van der Waals surface area contributed by atoms with E-state index in [1.54, 1.807) is 12.1 Å². The largest absolute Gasteiger partial charge is 0.352 e. The van der Waals surface area contributed by atoms with Crippen LogP contribution in [0.2, 0.25) is 0 Å². The molecule has 1 unspecified atom stereocenters. The Balaban J connectivity index is 2.02. The molecule has 0 saturated carbocycles. The standard InChI is InChI=1S/C17H13ClN2O3/c1-11(18)17(22)23-19-15-13-9-5-6-10-14(13)20(16(15)21)12-7-3-2-4-8-12/h2-11H,1H3. The summed E-state index contributed by atoms with van der Waals surface area (Å²) in [5, 5.41) is 2.90. The predicted octanol–water partition coefficient (Wildman–Crippen LogP) is 3.24. The van der Waals surface area contributed by atoms with Crippen molar-refractivity contribution in [3.05, 3.63) is 60.2 Å². The molecule has 1 aliphatic rings. The molecule has 0 saturated heterocycles. The summed E-state index contributed by atoms with van der Waals surface area (Å²) in [4.78, 5) is 30.5. The van der Waals surface area contributed by atoms with Gasteiger partial charge in [0.05, 0.1) is 5.69 Å². The second kappa shape index (κ2) is 6.22.